The maximum absolute atomic E-state index is 15.3. The molecule has 3 heterocycles. The fourth-order valence-electron chi connectivity index (χ4n) is 9.88. The van der Waals surface area contributed by atoms with Crippen molar-refractivity contribution in [3.63, 3.8) is 0 Å². The Kier molecular flexibility index (Phi) is 21.7. The van der Waals surface area contributed by atoms with E-state index in [-0.39, 0.29) is 5.91 Å². The van der Waals surface area contributed by atoms with E-state index in [9.17, 15) is 4.79 Å². The number of para-hydroxylation sites is 4. The number of unbranched alkanes of at least 4 members (excludes halogenated alkanes) is 18. The summed E-state index contributed by atoms with van der Waals surface area (Å²) in [6.45, 7) is 5.65. The summed E-state index contributed by atoms with van der Waals surface area (Å²) in [7, 11) is 0. The number of pyridine rings is 2. The minimum atomic E-state index is -0.198. The van der Waals surface area contributed by atoms with Crippen molar-refractivity contribution >= 4 is 57.7 Å². The predicted octanol–water partition coefficient (Wildman–Crippen LogP) is 17.0. The lowest BCUT2D eigenvalue weighted by atomic mass is 10.0. The SMILES string of the molecule is CCCCCCCCCCCCN/C(=C1/C(=O)N(CCCCCCCCCCCC)C(c2ccc(N(c3ccccc3)c3ccccc3)cn2)=C1C=O)c1ccc(N(c2ccccc2)c2ccccc2)cn1. The average Bonchev–Trinajstić information content (AvgIpc) is 3.71. The Bertz CT molecular complexity index is 2480. The molecule has 4 aromatic carbocycles. The van der Waals surface area contributed by atoms with Gasteiger partial charge in [0.1, 0.15) is 0 Å². The second-order valence-corrected chi connectivity index (χ2v) is 19.2. The summed E-state index contributed by atoms with van der Waals surface area (Å²) in [6, 6.07) is 49.1. The third-order valence-electron chi connectivity index (χ3n) is 13.8. The first-order valence-electron chi connectivity index (χ1n) is 27.4. The van der Waals surface area contributed by atoms with E-state index < -0.39 is 0 Å². The third kappa shape index (κ3) is 14.9. The van der Waals surface area contributed by atoms with Crippen LogP contribution in [0, 0.1) is 0 Å². The Morgan fingerprint density at radius 1 is 0.472 bits per heavy atom. The summed E-state index contributed by atoms with van der Waals surface area (Å²) in [5.41, 5.74) is 8.78. The molecular formula is C64H78N6O2. The number of hydrogen-bond donors (Lipinski definition) is 1. The minimum absolute atomic E-state index is 0.198. The molecule has 0 radical (unpaired) electrons. The summed E-state index contributed by atoms with van der Waals surface area (Å²) in [5, 5.41) is 3.71. The maximum atomic E-state index is 15.3. The number of anilines is 6. The average molecular weight is 963 g/mol. The fourth-order valence-corrected chi connectivity index (χ4v) is 9.88. The molecule has 8 heteroatoms. The topological polar surface area (TPSA) is 81.7 Å². The van der Waals surface area contributed by atoms with Gasteiger partial charge in [0.15, 0.2) is 6.29 Å². The standard InChI is InChI=1S/C64H78N6O2/c1-3-5-7-9-11-13-15-17-19-33-47-65-62(59-45-43-56(49-66-59)69(52-35-25-21-26-36-52)53-37-27-22-28-38-53)61-58(51-71)63(68(64(61)72)48-34-20-18-16-14-12-10-8-6-4-2)60-46-44-57(50-67-60)70(54-39-29-23-30-40-54)55-41-31-24-32-42-55/h21-32,35-46,49-51,65H,3-20,33-34,47-48H2,1-2H3/b62-61+. The summed E-state index contributed by atoms with van der Waals surface area (Å²) < 4.78 is 0. The van der Waals surface area contributed by atoms with Crippen LogP contribution in [0.15, 0.2) is 169 Å². The van der Waals surface area contributed by atoms with Crippen molar-refractivity contribution < 1.29 is 9.59 Å². The van der Waals surface area contributed by atoms with Gasteiger partial charge >= 0.3 is 0 Å². The molecule has 1 aliphatic heterocycles. The van der Waals surface area contributed by atoms with Crippen molar-refractivity contribution in [1.82, 2.24) is 20.2 Å². The summed E-state index contributed by atoms with van der Waals surface area (Å²) >= 11 is 0. The molecule has 0 saturated carbocycles. The largest absolute Gasteiger partial charge is 0.383 e. The van der Waals surface area contributed by atoms with Crippen LogP contribution >= 0.6 is 0 Å². The minimum Gasteiger partial charge on any atom is -0.383 e. The molecule has 8 nitrogen and oxygen atoms in total. The molecule has 0 bridgehead atoms. The highest BCUT2D eigenvalue weighted by Gasteiger charge is 2.39. The Morgan fingerprint density at radius 3 is 1.26 bits per heavy atom. The van der Waals surface area contributed by atoms with Gasteiger partial charge in [-0.1, -0.05) is 202 Å². The predicted molar refractivity (Wildman–Crippen MR) is 301 cm³/mol. The molecule has 72 heavy (non-hydrogen) atoms. The first kappa shape index (κ1) is 53.0. The Balaban J connectivity index is 1.23. The number of nitrogens with one attached hydrogen (secondary N) is 1. The van der Waals surface area contributed by atoms with Crippen molar-refractivity contribution in [3.05, 3.63) is 181 Å². The fraction of sp³-hybridized carbons (Fsp3) is 0.375. The Labute approximate surface area is 431 Å². The smallest absolute Gasteiger partial charge is 0.261 e. The van der Waals surface area contributed by atoms with Gasteiger partial charge in [0.2, 0.25) is 0 Å². The zero-order chi connectivity index (χ0) is 50.0. The molecule has 0 fully saturated rings. The number of carbonyl (C=O) groups is 2. The normalized spacial score (nSPS) is 13.1. The van der Waals surface area contributed by atoms with Gasteiger partial charge < -0.3 is 20.0 Å². The van der Waals surface area contributed by atoms with Gasteiger partial charge in [-0.25, -0.2) is 0 Å². The second kappa shape index (κ2) is 29.5. The van der Waals surface area contributed by atoms with Crippen molar-refractivity contribution in [3.8, 4) is 0 Å². The molecule has 1 amide bonds. The van der Waals surface area contributed by atoms with Crippen LogP contribution in [-0.4, -0.2) is 40.2 Å². The molecule has 6 aromatic rings. The molecule has 0 aliphatic carbocycles. The molecule has 0 saturated heterocycles. The number of amides is 1. The number of benzene rings is 4. The van der Waals surface area contributed by atoms with E-state index in [0.717, 1.165) is 72.5 Å². The van der Waals surface area contributed by atoms with E-state index in [4.69, 9.17) is 9.97 Å². The molecule has 2 aromatic heterocycles. The molecular weight excluding hydrogens is 885 g/mol. The lowest BCUT2D eigenvalue weighted by Crippen LogP contribution is -2.28. The quantitative estimate of drug-likeness (QED) is 0.0256. The van der Waals surface area contributed by atoms with Crippen molar-refractivity contribution in [1.29, 1.82) is 0 Å². The number of carbonyl (C=O) groups excluding carboxylic acids is 2. The van der Waals surface area contributed by atoms with E-state index >= 15 is 4.79 Å². The van der Waals surface area contributed by atoms with Gasteiger partial charge in [-0.05, 0) is 85.6 Å². The first-order chi connectivity index (χ1) is 35.6. The molecule has 7 rings (SSSR count). The first-order valence-corrected chi connectivity index (χ1v) is 27.4. The van der Waals surface area contributed by atoms with E-state index in [1.807, 2.05) is 108 Å². The lowest BCUT2D eigenvalue weighted by molar-refractivity contribution is -0.123. The van der Waals surface area contributed by atoms with Crippen LogP contribution in [0.4, 0.5) is 34.1 Å². The highest BCUT2D eigenvalue weighted by atomic mass is 16.2. The molecule has 0 atom stereocenters. The van der Waals surface area contributed by atoms with E-state index in [0.29, 0.717) is 47.0 Å². The molecule has 0 unspecified atom stereocenters. The molecule has 1 N–H and O–H groups in total. The third-order valence-corrected chi connectivity index (χ3v) is 13.8. The van der Waals surface area contributed by atoms with E-state index in [1.165, 1.54) is 96.3 Å². The summed E-state index contributed by atoms with van der Waals surface area (Å²) in [5.74, 6) is -0.198. The van der Waals surface area contributed by atoms with Gasteiger partial charge in [-0.2, -0.15) is 0 Å². The van der Waals surface area contributed by atoms with Gasteiger partial charge in [0.05, 0.1) is 57.7 Å². The van der Waals surface area contributed by atoms with Gasteiger partial charge in [-0.15, -0.1) is 0 Å². The maximum Gasteiger partial charge on any atom is 0.261 e. The van der Waals surface area contributed by atoms with Crippen molar-refractivity contribution in [2.75, 3.05) is 22.9 Å². The Morgan fingerprint density at radius 2 is 0.875 bits per heavy atom. The van der Waals surface area contributed by atoms with Gasteiger partial charge in [0.25, 0.3) is 5.91 Å². The monoisotopic (exact) mass is 963 g/mol. The van der Waals surface area contributed by atoms with Crippen LogP contribution in [0.5, 0.6) is 0 Å². The summed E-state index contributed by atoms with van der Waals surface area (Å²) in [6.07, 6.45) is 28.7. The second-order valence-electron chi connectivity index (χ2n) is 19.2. The van der Waals surface area contributed by atoms with Crippen molar-refractivity contribution in [2.45, 2.75) is 142 Å². The zero-order valence-corrected chi connectivity index (χ0v) is 43.2. The van der Waals surface area contributed by atoms with Crippen LogP contribution in [0.1, 0.15) is 154 Å². The zero-order valence-electron chi connectivity index (χ0n) is 43.2. The van der Waals surface area contributed by atoms with Gasteiger partial charge in [0, 0.05) is 35.8 Å². The van der Waals surface area contributed by atoms with Crippen LogP contribution in [-0.2, 0) is 9.59 Å². The molecule has 1 aliphatic rings. The number of aldehydes is 1. The molecule has 0 spiro atoms. The molecule has 376 valence electrons. The van der Waals surface area contributed by atoms with Gasteiger partial charge in [-0.3, -0.25) is 19.6 Å². The number of rotatable bonds is 32. The van der Waals surface area contributed by atoms with E-state index in [1.54, 1.807) is 0 Å². The number of aromatic nitrogens is 2. The Hall–Kier alpha value is -6.80. The van der Waals surface area contributed by atoms with Crippen LogP contribution in [0.3, 0.4) is 0 Å². The number of hydrogen-bond acceptors (Lipinski definition) is 7. The van der Waals surface area contributed by atoms with Crippen LogP contribution < -0.4 is 15.1 Å². The van der Waals surface area contributed by atoms with Crippen LogP contribution in [0.2, 0.25) is 0 Å². The summed E-state index contributed by atoms with van der Waals surface area (Å²) in [4.78, 5) is 45.4. The highest BCUT2D eigenvalue weighted by Crippen LogP contribution is 2.41. The van der Waals surface area contributed by atoms with E-state index in [2.05, 4.69) is 83.6 Å². The van der Waals surface area contributed by atoms with Crippen molar-refractivity contribution in [2.24, 2.45) is 0 Å². The number of nitrogens with zero attached hydrogens (tertiary/aromatic N) is 5. The lowest BCUT2D eigenvalue weighted by Gasteiger charge is -2.25. The van der Waals surface area contributed by atoms with Crippen LogP contribution in [0.25, 0.3) is 11.4 Å². The highest BCUT2D eigenvalue weighted by molar-refractivity contribution is 6.21.